The van der Waals surface area contributed by atoms with Gasteiger partial charge in [-0.25, -0.2) is 4.79 Å². The van der Waals surface area contributed by atoms with Crippen LogP contribution in [0.4, 0.5) is 0 Å². The SMILES string of the molecule is CCOC(=O)C(Oc1ccc(C=O)cc1)c1ccccc1. The summed E-state index contributed by atoms with van der Waals surface area (Å²) in [6.07, 6.45) is -0.0719. The smallest absolute Gasteiger partial charge is 0.352 e. The summed E-state index contributed by atoms with van der Waals surface area (Å²) in [5, 5.41) is 0. The number of hydrogen-bond acceptors (Lipinski definition) is 4. The second-order valence-corrected chi connectivity index (χ2v) is 4.35. The molecule has 0 N–H and O–H groups in total. The van der Waals surface area contributed by atoms with E-state index in [2.05, 4.69) is 0 Å². The fourth-order valence-corrected chi connectivity index (χ4v) is 1.86. The largest absolute Gasteiger partial charge is 0.474 e. The van der Waals surface area contributed by atoms with Crippen LogP contribution in [0.2, 0.25) is 0 Å². The van der Waals surface area contributed by atoms with Gasteiger partial charge in [0.1, 0.15) is 12.0 Å². The van der Waals surface area contributed by atoms with Gasteiger partial charge in [0.25, 0.3) is 0 Å². The zero-order valence-electron chi connectivity index (χ0n) is 11.7. The van der Waals surface area contributed by atoms with Crippen molar-refractivity contribution in [3.8, 4) is 5.75 Å². The Morgan fingerprint density at radius 1 is 1.10 bits per heavy atom. The Bertz CT molecular complexity index is 590. The minimum atomic E-state index is -0.826. The molecule has 2 aromatic carbocycles. The van der Waals surface area contributed by atoms with Crippen LogP contribution in [0.3, 0.4) is 0 Å². The molecule has 0 fully saturated rings. The summed E-state index contributed by atoms with van der Waals surface area (Å²) >= 11 is 0. The Kier molecular flexibility index (Phi) is 5.10. The number of ether oxygens (including phenoxy) is 2. The second kappa shape index (κ2) is 7.24. The summed E-state index contributed by atoms with van der Waals surface area (Å²) in [6, 6.07) is 15.7. The van der Waals surface area contributed by atoms with E-state index < -0.39 is 12.1 Å². The fraction of sp³-hybridized carbons (Fsp3) is 0.176. The summed E-state index contributed by atoms with van der Waals surface area (Å²) in [6.45, 7) is 2.04. The molecule has 0 aliphatic carbocycles. The van der Waals surface area contributed by atoms with E-state index in [-0.39, 0.29) is 6.61 Å². The van der Waals surface area contributed by atoms with Crippen molar-refractivity contribution < 1.29 is 19.1 Å². The van der Waals surface area contributed by atoms with Crippen LogP contribution in [0, 0.1) is 0 Å². The van der Waals surface area contributed by atoms with Crippen molar-refractivity contribution in [3.63, 3.8) is 0 Å². The van der Waals surface area contributed by atoms with Gasteiger partial charge in [0.15, 0.2) is 0 Å². The minimum Gasteiger partial charge on any atom is -0.474 e. The van der Waals surface area contributed by atoms with Crippen LogP contribution in [0.5, 0.6) is 5.75 Å². The Morgan fingerprint density at radius 2 is 1.76 bits per heavy atom. The van der Waals surface area contributed by atoms with E-state index in [0.29, 0.717) is 11.3 Å². The third-order valence-electron chi connectivity index (χ3n) is 2.87. The maximum Gasteiger partial charge on any atom is 0.352 e. The van der Waals surface area contributed by atoms with E-state index in [1.807, 2.05) is 18.2 Å². The van der Waals surface area contributed by atoms with Gasteiger partial charge in [-0.2, -0.15) is 0 Å². The van der Waals surface area contributed by atoms with Crippen molar-refractivity contribution >= 4 is 12.3 Å². The van der Waals surface area contributed by atoms with Crippen LogP contribution < -0.4 is 4.74 Å². The Morgan fingerprint density at radius 3 is 2.33 bits per heavy atom. The van der Waals surface area contributed by atoms with E-state index in [0.717, 1.165) is 11.8 Å². The first kappa shape index (κ1) is 14.8. The van der Waals surface area contributed by atoms with Crippen LogP contribution in [0.1, 0.15) is 28.9 Å². The lowest BCUT2D eigenvalue weighted by Gasteiger charge is -2.18. The van der Waals surface area contributed by atoms with Crippen LogP contribution in [-0.2, 0) is 9.53 Å². The molecule has 4 heteroatoms. The lowest BCUT2D eigenvalue weighted by atomic mass is 10.1. The maximum atomic E-state index is 12.1. The topological polar surface area (TPSA) is 52.6 Å². The number of hydrogen-bond donors (Lipinski definition) is 0. The highest BCUT2D eigenvalue weighted by Gasteiger charge is 2.23. The van der Waals surface area contributed by atoms with Crippen LogP contribution in [0.15, 0.2) is 54.6 Å². The molecule has 0 heterocycles. The van der Waals surface area contributed by atoms with E-state index in [4.69, 9.17) is 9.47 Å². The third kappa shape index (κ3) is 3.92. The van der Waals surface area contributed by atoms with E-state index in [1.54, 1.807) is 43.3 Å². The van der Waals surface area contributed by atoms with Gasteiger partial charge in [0.2, 0.25) is 6.10 Å². The van der Waals surface area contributed by atoms with Crippen molar-refractivity contribution in [1.29, 1.82) is 0 Å². The summed E-state index contributed by atoms with van der Waals surface area (Å²) in [4.78, 5) is 22.7. The number of esters is 1. The zero-order chi connectivity index (χ0) is 15.1. The highest BCUT2D eigenvalue weighted by molar-refractivity contribution is 5.77. The normalized spacial score (nSPS) is 11.5. The first-order valence-corrected chi connectivity index (χ1v) is 6.68. The van der Waals surface area contributed by atoms with Gasteiger partial charge in [-0.05, 0) is 31.2 Å². The first-order chi connectivity index (χ1) is 10.2. The molecule has 0 aliphatic rings. The average Bonchev–Trinajstić information content (AvgIpc) is 2.54. The van der Waals surface area contributed by atoms with Crippen LogP contribution >= 0.6 is 0 Å². The molecule has 0 aliphatic heterocycles. The molecule has 2 aromatic rings. The molecule has 0 bridgehead atoms. The highest BCUT2D eigenvalue weighted by atomic mass is 16.6. The molecule has 108 valence electrons. The molecule has 21 heavy (non-hydrogen) atoms. The quantitative estimate of drug-likeness (QED) is 0.604. The summed E-state index contributed by atoms with van der Waals surface area (Å²) in [5.74, 6) is 0.0608. The lowest BCUT2D eigenvalue weighted by molar-refractivity contribution is -0.151. The average molecular weight is 284 g/mol. The summed E-state index contributed by atoms with van der Waals surface area (Å²) in [5.41, 5.74) is 1.27. The van der Waals surface area contributed by atoms with E-state index in [1.165, 1.54) is 0 Å². The van der Waals surface area contributed by atoms with Gasteiger partial charge < -0.3 is 9.47 Å². The van der Waals surface area contributed by atoms with Crippen LogP contribution in [0.25, 0.3) is 0 Å². The molecule has 0 radical (unpaired) electrons. The van der Waals surface area contributed by atoms with Crippen molar-refractivity contribution in [2.45, 2.75) is 13.0 Å². The molecule has 4 nitrogen and oxygen atoms in total. The zero-order valence-corrected chi connectivity index (χ0v) is 11.7. The molecule has 2 rings (SSSR count). The molecular formula is C17H16O4. The van der Waals surface area contributed by atoms with E-state index >= 15 is 0 Å². The van der Waals surface area contributed by atoms with Crippen molar-refractivity contribution in [2.24, 2.45) is 0 Å². The monoisotopic (exact) mass is 284 g/mol. The number of rotatable bonds is 6. The van der Waals surface area contributed by atoms with Gasteiger partial charge >= 0.3 is 5.97 Å². The Balaban J connectivity index is 2.22. The van der Waals surface area contributed by atoms with Crippen LogP contribution in [-0.4, -0.2) is 18.9 Å². The Hall–Kier alpha value is -2.62. The molecule has 0 saturated carbocycles. The highest BCUT2D eigenvalue weighted by Crippen LogP contribution is 2.23. The standard InChI is InChI=1S/C17H16O4/c1-2-20-17(19)16(14-6-4-3-5-7-14)21-15-10-8-13(12-18)9-11-15/h3-12,16H,2H2,1H3. The molecule has 0 saturated heterocycles. The lowest BCUT2D eigenvalue weighted by Crippen LogP contribution is -2.21. The predicted molar refractivity (Wildman–Crippen MR) is 78.3 cm³/mol. The Labute approximate surface area is 123 Å². The number of carbonyl (C=O) groups is 2. The first-order valence-electron chi connectivity index (χ1n) is 6.68. The van der Waals surface area contributed by atoms with Crippen molar-refractivity contribution in [2.75, 3.05) is 6.61 Å². The van der Waals surface area contributed by atoms with Gasteiger partial charge in [-0.3, -0.25) is 4.79 Å². The molecule has 1 unspecified atom stereocenters. The number of carbonyl (C=O) groups excluding carboxylic acids is 2. The molecule has 0 amide bonds. The summed E-state index contributed by atoms with van der Waals surface area (Å²) in [7, 11) is 0. The van der Waals surface area contributed by atoms with Gasteiger partial charge in [0, 0.05) is 11.1 Å². The molecule has 0 aromatic heterocycles. The molecule has 0 spiro atoms. The molecule has 1 atom stereocenters. The fourth-order valence-electron chi connectivity index (χ4n) is 1.86. The van der Waals surface area contributed by atoms with Crippen molar-refractivity contribution in [1.82, 2.24) is 0 Å². The van der Waals surface area contributed by atoms with Gasteiger partial charge in [-0.15, -0.1) is 0 Å². The number of benzene rings is 2. The van der Waals surface area contributed by atoms with E-state index in [9.17, 15) is 9.59 Å². The second-order valence-electron chi connectivity index (χ2n) is 4.35. The maximum absolute atomic E-state index is 12.1. The summed E-state index contributed by atoms with van der Waals surface area (Å²) < 4.78 is 10.8. The number of aldehydes is 1. The van der Waals surface area contributed by atoms with Crippen molar-refractivity contribution in [3.05, 3.63) is 65.7 Å². The van der Waals surface area contributed by atoms with Gasteiger partial charge in [0.05, 0.1) is 6.61 Å². The minimum absolute atomic E-state index is 0.287. The third-order valence-corrected chi connectivity index (χ3v) is 2.87. The predicted octanol–water partition coefficient (Wildman–Crippen LogP) is 3.18. The molecular weight excluding hydrogens is 268 g/mol. The van der Waals surface area contributed by atoms with Gasteiger partial charge in [-0.1, -0.05) is 30.3 Å².